The fourth-order valence-corrected chi connectivity index (χ4v) is 2.69. The van der Waals surface area contributed by atoms with Crippen molar-refractivity contribution in [2.24, 2.45) is 5.73 Å². The summed E-state index contributed by atoms with van der Waals surface area (Å²) in [5.74, 6) is 5.50. The third-order valence-electron chi connectivity index (χ3n) is 2.57. The lowest BCUT2D eigenvalue weighted by atomic mass is 10.1. The van der Waals surface area contributed by atoms with Gasteiger partial charge in [-0.3, -0.25) is 4.79 Å². The number of anilines is 1. The maximum absolute atomic E-state index is 12.2. The molecule has 0 saturated carbocycles. The zero-order valence-electron chi connectivity index (χ0n) is 10.9. The molecule has 3 nitrogen and oxygen atoms in total. The summed E-state index contributed by atoms with van der Waals surface area (Å²) in [4.78, 5) is 12.7. The lowest BCUT2D eigenvalue weighted by Gasteiger charge is -2.08. The lowest BCUT2D eigenvalue weighted by Crippen LogP contribution is -2.12. The van der Waals surface area contributed by atoms with Gasteiger partial charge in [-0.15, -0.1) is 11.3 Å². The average Bonchev–Trinajstić information content (AvgIpc) is 2.84. The zero-order valence-corrected chi connectivity index (χ0v) is 12.4. The molecule has 0 bridgehead atoms. The number of nitrogens with one attached hydrogen (secondary N) is 1. The van der Waals surface area contributed by atoms with Crippen molar-refractivity contribution in [2.75, 3.05) is 11.9 Å². The Morgan fingerprint density at radius 1 is 1.45 bits per heavy atom. The van der Waals surface area contributed by atoms with Gasteiger partial charge in [0.05, 0.1) is 17.3 Å². The van der Waals surface area contributed by atoms with Crippen LogP contribution in [0.15, 0.2) is 29.6 Å². The van der Waals surface area contributed by atoms with Gasteiger partial charge >= 0.3 is 0 Å². The highest BCUT2D eigenvalue weighted by atomic mass is 35.5. The molecule has 0 atom stereocenters. The van der Waals surface area contributed by atoms with Gasteiger partial charge in [-0.1, -0.05) is 29.5 Å². The van der Waals surface area contributed by atoms with E-state index in [2.05, 4.69) is 17.2 Å². The van der Waals surface area contributed by atoms with Gasteiger partial charge in [0.15, 0.2) is 0 Å². The minimum absolute atomic E-state index is 0.230. The molecule has 1 amide bonds. The molecule has 0 fully saturated rings. The highest BCUT2D eigenvalue weighted by molar-refractivity contribution is 7.12. The van der Waals surface area contributed by atoms with Crippen molar-refractivity contribution in [3.63, 3.8) is 0 Å². The van der Waals surface area contributed by atoms with Crippen molar-refractivity contribution >= 4 is 34.5 Å². The lowest BCUT2D eigenvalue weighted by molar-refractivity contribution is 0.103. The topological polar surface area (TPSA) is 55.1 Å². The molecule has 2 rings (SSSR count). The summed E-state index contributed by atoms with van der Waals surface area (Å²) in [5, 5.41) is 5.08. The third kappa shape index (κ3) is 3.40. The fraction of sp³-hybridized carbons (Fsp3) is 0.133. The first-order chi connectivity index (χ1) is 9.61. The summed E-state index contributed by atoms with van der Waals surface area (Å²) < 4.78 is 0. The number of carbonyl (C=O) groups is 1. The first-order valence-electron chi connectivity index (χ1n) is 5.95. The maximum Gasteiger partial charge on any atom is 0.267 e. The molecular formula is C15H13ClN2OS. The van der Waals surface area contributed by atoms with Crippen LogP contribution < -0.4 is 11.1 Å². The van der Waals surface area contributed by atoms with Crippen LogP contribution in [0.25, 0.3) is 0 Å². The second kappa shape index (κ2) is 6.58. The van der Waals surface area contributed by atoms with E-state index >= 15 is 0 Å². The van der Waals surface area contributed by atoms with E-state index in [9.17, 15) is 4.79 Å². The molecule has 5 heteroatoms. The van der Waals surface area contributed by atoms with Crippen LogP contribution >= 0.6 is 22.9 Å². The molecular weight excluding hydrogens is 292 g/mol. The minimum atomic E-state index is -0.230. The molecule has 20 heavy (non-hydrogen) atoms. The number of benzene rings is 1. The second-order valence-electron chi connectivity index (χ2n) is 4.11. The van der Waals surface area contributed by atoms with Gasteiger partial charge in [0.1, 0.15) is 4.88 Å². The third-order valence-corrected chi connectivity index (χ3v) is 3.91. The van der Waals surface area contributed by atoms with Crippen molar-refractivity contribution in [3.8, 4) is 11.8 Å². The van der Waals surface area contributed by atoms with Crippen LogP contribution in [0, 0.1) is 18.8 Å². The number of aryl methyl sites for hydroxylation is 1. The fourth-order valence-electron chi connectivity index (χ4n) is 1.65. The Balaban J connectivity index is 2.31. The van der Waals surface area contributed by atoms with E-state index in [1.807, 2.05) is 25.1 Å². The van der Waals surface area contributed by atoms with Crippen LogP contribution in [0.4, 0.5) is 5.69 Å². The monoisotopic (exact) mass is 304 g/mol. The predicted octanol–water partition coefficient (Wildman–Crippen LogP) is 3.27. The molecule has 1 aromatic heterocycles. The molecule has 2 aromatic rings. The van der Waals surface area contributed by atoms with Crippen molar-refractivity contribution in [2.45, 2.75) is 6.92 Å². The van der Waals surface area contributed by atoms with Crippen LogP contribution in [0.3, 0.4) is 0 Å². The summed E-state index contributed by atoms with van der Waals surface area (Å²) in [5.41, 5.74) is 7.82. The van der Waals surface area contributed by atoms with E-state index in [-0.39, 0.29) is 12.5 Å². The number of amides is 1. The van der Waals surface area contributed by atoms with Gasteiger partial charge in [0.25, 0.3) is 5.91 Å². The van der Waals surface area contributed by atoms with Gasteiger partial charge < -0.3 is 11.1 Å². The minimum Gasteiger partial charge on any atom is -0.320 e. The highest BCUT2D eigenvalue weighted by Crippen LogP contribution is 2.24. The van der Waals surface area contributed by atoms with Crippen molar-refractivity contribution < 1.29 is 4.79 Å². The van der Waals surface area contributed by atoms with Gasteiger partial charge in [-0.05, 0) is 36.1 Å². The number of hydrogen-bond acceptors (Lipinski definition) is 3. The quantitative estimate of drug-likeness (QED) is 0.837. The van der Waals surface area contributed by atoms with Crippen LogP contribution in [0.5, 0.6) is 0 Å². The Hall–Kier alpha value is -1.80. The van der Waals surface area contributed by atoms with E-state index in [4.69, 9.17) is 17.3 Å². The molecule has 1 heterocycles. The molecule has 1 aromatic carbocycles. The number of halogens is 1. The molecule has 102 valence electrons. The Labute approximate surface area is 126 Å². The summed E-state index contributed by atoms with van der Waals surface area (Å²) in [6.45, 7) is 2.23. The Kier molecular flexibility index (Phi) is 4.80. The second-order valence-corrected chi connectivity index (χ2v) is 5.43. The van der Waals surface area contributed by atoms with Crippen LogP contribution in [-0.4, -0.2) is 12.5 Å². The number of hydrogen-bond donors (Lipinski definition) is 2. The summed E-state index contributed by atoms with van der Waals surface area (Å²) >= 11 is 7.27. The van der Waals surface area contributed by atoms with Crippen LogP contribution in [0.1, 0.15) is 20.8 Å². The van der Waals surface area contributed by atoms with E-state index in [1.165, 1.54) is 11.3 Å². The number of thiophene rings is 1. The van der Waals surface area contributed by atoms with Crippen LogP contribution in [-0.2, 0) is 0 Å². The summed E-state index contributed by atoms with van der Waals surface area (Å²) in [6.07, 6.45) is 0. The zero-order chi connectivity index (χ0) is 14.5. The largest absolute Gasteiger partial charge is 0.320 e. The van der Waals surface area contributed by atoms with Gasteiger partial charge in [-0.2, -0.15) is 0 Å². The Morgan fingerprint density at radius 2 is 2.25 bits per heavy atom. The number of nitrogens with two attached hydrogens (primary N) is 1. The molecule has 0 aliphatic rings. The first-order valence-corrected chi connectivity index (χ1v) is 7.21. The number of carbonyl (C=O) groups excluding carboxylic acids is 1. The standard InChI is InChI=1S/C15H13ClN2OS/c1-10-4-5-11(3-2-7-17)13(9-10)18-15(19)14-12(16)6-8-20-14/h4-6,8-9H,7,17H2,1H3,(H,18,19). The summed E-state index contributed by atoms with van der Waals surface area (Å²) in [7, 11) is 0. The predicted molar refractivity (Wildman–Crippen MR) is 84.4 cm³/mol. The normalized spacial score (nSPS) is 9.75. The molecule has 0 unspecified atom stereocenters. The highest BCUT2D eigenvalue weighted by Gasteiger charge is 2.13. The van der Waals surface area contributed by atoms with Crippen molar-refractivity contribution in [1.82, 2.24) is 0 Å². The van der Waals surface area contributed by atoms with Gasteiger partial charge in [0, 0.05) is 5.56 Å². The maximum atomic E-state index is 12.2. The van der Waals surface area contributed by atoms with E-state index in [0.29, 0.717) is 15.6 Å². The van der Waals surface area contributed by atoms with E-state index < -0.39 is 0 Å². The molecule has 0 radical (unpaired) electrons. The summed E-state index contributed by atoms with van der Waals surface area (Å²) in [6, 6.07) is 7.38. The van der Waals surface area contributed by atoms with Crippen LogP contribution in [0.2, 0.25) is 5.02 Å². The Morgan fingerprint density at radius 3 is 2.90 bits per heavy atom. The smallest absolute Gasteiger partial charge is 0.267 e. The number of rotatable bonds is 2. The SMILES string of the molecule is Cc1ccc(C#CCN)c(NC(=O)c2sccc2Cl)c1. The van der Waals surface area contributed by atoms with Crippen molar-refractivity contribution in [1.29, 1.82) is 0 Å². The molecule has 0 aliphatic carbocycles. The molecule has 3 N–H and O–H groups in total. The van der Waals surface area contributed by atoms with Crippen molar-refractivity contribution in [3.05, 3.63) is 50.7 Å². The molecule has 0 saturated heterocycles. The molecule has 0 aliphatic heterocycles. The Bertz CT molecular complexity index is 697. The van der Waals surface area contributed by atoms with E-state index in [1.54, 1.807) is 11.4 Å². The van der Waals surface area contributed by atoms with Gasteiger partial charge in [-0.25, -0.2) is 0 Å². The average molecular weight is 305 g/mol. The van der Waals surface area contributed by atoms with Gasteiger partial charge in [0.2, 0.25) is 0 Å². The van der Waals surface area contributed by atoms with E-state index in [0.717, 1.165) is 11.1 Å². The first kappa shape index (κ1) is 14.6. The molecule has 0 spiro atoms.